The van der Waals surface area contributed by atoms with Crippen molar-refractivity contribution >= 4 is 11.6 Å². The number of likely N-dealkylation sites (N-methyl/N-ethyl adjacent to an activating group) is 1. The number of nitrogens with one attached hydrogen (secondary N) is 1. The number of para-hydroxylation sites is 1. The van der Waals surface area contributed by atoms with E-state index < -0.39 is 16.7 Å². The first kappa shape index (κ1) is 17.8. The van der Waals surface area contributed by atoms with Gasteiger partial charge in [-0.15, -0.1) is 0 Å². The van der Waals surface area contributed by atoms with Gasteiger partial charge < -0.3 is 11.1 Å². The van der Waals surface area contributed by atoms with Gasteiger partial charge in [-0.25, -0.2) is 0 Å². The first-order chi connectivity index (χ1) is 13.5. The Balaban J connectivity index is 2.14. The Hall–Kier alpha value is -3.60. The fourth-order valence-corrected chi connectivity index (χ4v) is 4.87. The quantitative estimate of drug-likeness (QED) is 0.721. The van der Waals surface area contributed by atoms with E-state index in [1.54, 1.807) is 6.07 Å². The highest BCUT2D eigenvalue weighted by Crippen LogP contribution is 2.59. The van der Waals surface area contributed by atoms with E-state index in [4.69, 9.17) is 5.73 Å². The molecule has 138 valence electrons. The number of amides is 1. The fourth-order valence-electron chi connectivity index (χ4n) is 4.87. The Labute approximate surface area is 162 Å². The average molecular weight is 370 g/mol. The molecule has 1 aliphatic carbocycles. The summed E-state index contributed by atoms with van der Waals surface area (Å²) in [6, 6.07) is 13.4. The molecule has 0 saturated heterocycles. The summed E-state index contributed by atoms with van der Waals surface area (Å²) < 4.78 is 0. The number of nitrogens with zero attached hydrogens (tertiary/aromatic N) is 4. The number of carbonyl (C=O) groups excluding carboxylic acids is 1. The number of fused-ring (bicyclic) bond motifs is 4. The third kappa shape index (κ3) is 1.85. The second-order valence-electron chi connectivity index (χ2n) is 7.25. The minimum absolute atomic E-state index is 0.00171. The van der Waals surface area contributed by atoms with Gasteiger partial charge in [0.05, 0.1) is 29.5 Å². The number of nitriles is 3. The Morgan fingerprint density at radius 2 is 2.00 bits per heavy atom. The molecule has 1 spiro atoms. The number of nitrogens with two attached hydrogens (primary N) is 1. The second-order valence-corrected chi connectivity index (χ2v) is 7.25. The van der Waals surface area contributed by atoms with Crippen LogP contribution in [0.15, 0.2) is 47.2 Å². The van der Waals surface area contributed by atoms with Crippen molar-refractivity contribution in [2.45, 2.75) is 12.3 Å². The van der Waals surface area contributed by atoms with Crippen molar-refractivity contribution in [3.05, 3.63) is 52.7 Å². The van der Waals surface area contributed by atoms with Gasteiger partial charge in [-0.05, 0) is 23.7 Å². The van der Waals surface area contributed by atoms with Gasteiger partial charge in [-0.1, -0.05) is 31.2 Å². The van der Waals surface area contributed by atoms with Crippen LogP contribution in [-0.4, -0.2) is 30.4 Å². The maximum atomic E-state index is 13.4. The van der Waals surface area contributed by atoms with Gasteiger partial charge in [0.15, 0.2) is 0 Å². The minimum Gasteiger partial charge on any atom is -0.399 e. The van der Waals surface area contributed by atoms with Gasteiger partial charge in [0.25, 0.3) is 0 Å². The molecule has 3 aliphatic rings. The lowest BCUT2D eigenvalue weighted by atomic mass is 9.52. The van der Waals surface area contributed by atoms with Crippen molar-refractivity contribution in [2.75, 3.05) is 25.0 Å². The van der Waals surface area contributed by atoms with Gasteiger partial charge >= 0.3 is 0 Å². The SMILES string of the molecule is CCN1CC=C2[C@H](C1)[C@@]1(C(=O)Nc3ccccc31)C(C#N)=C(N)C2(C#N)C#N. The summed E-state index contributed by atoms with van der Waals surface area (Å²) in [6.45, 7) is 3.76. The maximum Gasteiger partial charge on any atom is 0.241 e. The normalized spacial score (nSPS) is 27.7. The summed E-state index contributed by atoms with van der Waals surface area (Å²) in [5.74, 6) is -0.877. The largest absolute Gasteiger partial charge is 0.399 e. The van der Waals surface area contributed by atoms with E-state index in [2.05, 4.69) is 16.3 Å². The van der Waals surface area contributed by atoms with Gasteiger partial charge in [0.2, 0.25) is 11.3 Å². The molecule has 1 amide bonds. The van der Waals surface area contributed by atoms with Crippen LogP contribution in [0.5, 0.6) is 0 Å². The van der Waals surface area contributed by atoms with Crippen LogP contribution >= 0.6 is 0 Å². The predicted octanol–water partition coefficient (Wildman–Crippen LogP) is 1.54. The van der Waals surface area contributed by atoms with E-state index in [1.807, 2.05) is 43.3 Å². The Kier molecular flexibility index (Phi) is 3.79. The van der Waals surface area contributed by atoms with Crippen molar-refractivity contribution in [1.29, 1.82) is 15.8 Å². The lowest BCUT2D eigenvalue weighted by Gasteiger charge is -2.49. The molecule has 0 aromatic heterocycles. The Morgan fingerprint density at radius 3 is 2.64 bits per heavy atom. The number of rotatable bonds is 1. The summed E-state index contributed by atoms with van der Waals surface area (Å²) in [5.41, 5.74) is 4.91. The van der Waals surface area contributed by atoms with E-state index in [0.717, 1.165) is 6.54 Å². The summed E-state index contributed by atoms with van der Waals surface area (Å²) in [6.07, 6.45) is 1.83. The number of allylic oxidation sites excluding steroid dienone is 1. The highest BCUT2D eigenvalue weighted by atomic mass is 16.2. The van der Waals surface area contributed by atoms with Crippen molar-refractivity contribution in [2.24, 2.45) is 17.1 Å². The van der Waals surface area contributed by atoms with Gasteiger partial charge in [0.1, 0.15) is 5.41 Å². The lowest BCUT2D eigenvalue weighted by molar-refractivity contribution is -0.121. The average Bonchev–Trinajstić information content (AvgIpc) is 3.02. The lowest BCUT2D eigenvalue weighted by Crippen LogP contribution is -2.57. The fraction of sp³-hybridized carbons (Fsp3) is 0.333. The molecule has 0 unspecified atom stereocenters. The molecule has 3 N–H and O–H groups in total. The van der Waals surface area contributed by atoms with Crippen molar-refractivity contribution in [3.63, 3.8) is 0 Å². The molecular formula is C21H18N6O. The van der Waals surface area contributed by atoms with Crippen LogP contribution in [0.3, 0.4) is 0 Å². The molecule has 28 heavy (non-hydrogen) atoms. The van der Waals surface area contributed by atoms with E-state index in [-0.39, 0.29) is 17.2 Å². The van der Waals surface area contributed by atoms with Crippen LogP contribution in [0, 0.1) is 45.3 Å². The van der Waals surface area contributed by atoms with Crippen LogP contribution < -0.4 is 11.1 Å². The zero-order chi connectivity index (χ0) is 20.1. The zero-order valence-corrected chi connectivity index (χ0v) is 15.4. The molecule has 0 radical (unpaired) electrons. The summed E-state index contributed by atoms with van der Waals surface area (Å²) in [7, 11) is 0. The molecule has 2 aliphatic heterocycles. The molecule has 1 aromatic carbocycles. The van der Waals surface area contributed by atoms with Crippen molar-refractivity contribution < 1.29 is 4.79 Å². The Bertz CT molecular complexity index is 1070. The predicted molar refractivity (Wildman–Crippen MR) is 101 cm³/mol. The molecule has 2 atom stereocenters. The second kappa shape index (κ2) is 5.96. The summed E-state index contributed by atoms with van der Waals surface area (Å²) >= 11 is 0. The maximum absolute atomic E-state index is 13.4. The van der Waals surface area contributed by atoms with Gasteiger partial charge in [0, 0.05) is 24.7 Å². The van der Waals surface area contributed by atoms with E-state index >= 15 is 0 Å². The molecule has 7 heteroatoms. The highest BCUT2D eigenvalue weighted by Gasteiger charge is 2.65. The number of hydrogen-bond donors (Lipinski definition) is 2. The van der Waals surface area contributed by atoms with Gasteiger partial charge in [-0.3, -0.25) is 9.69 Å². The third-order valence-corrected chi connectivity index (χ3v) is 6.26. The van der Waals surface area contributed by atoms with Gasteiger partial charge in [-0.2, -0.15) is 15.8 Å². The topological polar surface area (TPSA) is 130 Å². The van der Waals surface area contributed by atoms with E-state index in [0.29, 0.717) is 29.9 Å². The molecule has 0 saturated carbocycles. The molecule has 0 bridgehead atoms. The van der Waals surface area contributed by atoms with Crippen LogP contribution in [0.4, 0.5) is 5.69 Å². The Morgan fingerprint density at radius 1 is 1.29 bits per heavy atom. The standard InChI is InChI=1S/C21H18N6O/c1-2-27-8-7-13-16(10-27)21(14-5-3-4-6-17(14)26-19(21)28)15(9-22)18(25)20(13,11-23)12-24/h3-7,16H,2,8,10,25H2,1H3,(H,26,28)/t16-,21-/m0/s1. The molecule has 1 aromatic rings. The summed E-state index contributed by atoms with van der Waals surface area (Å²) in [5, 5.41) is 32.8. The van der Waals surface area contributed by atoms with Crippen LogP contribution in [-0.2, 0) is 10.2 Å². The van der Waals surface area contributed by atoms with E-state index in [9.17, 15) is 20.6 Å². The first-order valence-electron chi connectivity index (χ1n) is 9.08. The number of hydrogen-bond acceptors (Lipinski definition) is 6. The smallest absolute Gasteiger partial charge is 0.241 e. The third-order valence-electron chi connectivity index (χ3n) is 6.26. The zero-order valence-electron chi connectivity index (χ0n) is 15.4. The molecule has 4 rings (SSSR count). The molecule has 2 heterocycles. The molecular weight excluding hydrogens is 352 g/mol. The van der Waals surface area contributed by atoms with Crippen molar-refractivity contribution in [3.8, 4) is 18.2 Å². The summed E-state index contributed by atoms with van der Waals surface area (Å²) in [4.78, 5) is 15.5. The molecule has 7 nitrogen and oxygen atoms in total. The van der Waals surface area contributed by atoms with Crippen LogP contribution in [0.1, 0.15) is 12.5 Å². The van der Waals surface area contributed by atoms with E-state index in [1.165, 1.54) is 0 Å². The number of carbonyl (C=O) groups is 1. The highest BCUT2D eigenvalue weighted by molar-refractivity contribution is 6.10. The number of anilines is 1. The molecule has 0 fully saturated rings. The van der Waals surface area contributed by atoms with Crippen LogP contribution in [0.2, 0.25) is 0 Å². The monoisotopic (exact) mass is 370 g/mol. The number of benzene rings is 1. The van der Waals surface area contributed by atoms with Crippen molar-refractivity contribution in [1.82, 2.24) is 4.90 Å². The minimum atomic E-state index is -1.74. The van der Waals surface area contributed by atoms with Crippen LogP contribution in [0.25, 0.3) is 0 Å². The first-order valence-corrected chi connectivity index (χ1v) is 9.08.